The Bertz CT molecular complexity index is 460. The first-order valence-electron chi connectivity index (χ1n) is 5.07. The lowest BCUT2D eigenvalue weighted by molar-refractivity contribution is 0.430. The van der Waals surface area contributed by atoms with Crippen LogP contribution in [0.3, 0.4) is 0 Å². The Morgan fingerprint density at radius 3 is 2.47 bits per heavy atom. The number of benzene rings is 1. The molecule has 0 fully saturated rings. The first-order valence-corrected chi connectivity index (χ1v) is 5.07. The van der Waals surface area contributed by atoms with E-state index in [0.29, 0.717) is 0 Å². The fourth-order valence-corrected chi connectivity index (χ4v) is 1.62. The quantitative estimate of drug-likeness (QED) is 0.812. The van der Waals surface area contributed by atoms with Crippen LogP contribution in [0, 0.1) is 6.92 Å². The van der Waals surface area contributed by atoms with Gasteiger partial charge in [-0.25, -0.2) is 4.68 Å². The standard InChI is InChI=1S/C12H14N2O/c1-3-11-9(2)12(15)14(13-11)10-7-5-4-6-8-10/h4-8,15H,3H2,1-2H3. The Balaban J connectivity index is 2.55. The molecule has 0 amide bonds. The summed E-state index contributed by atoms with van der Waals surface area (Å²) in [5.74, 6) is 0.234. The van der Waals surface area contributed by atoms with Crippen molar-refractivity contribution in [3.8, 4) is 11.6 Å². The molecule has 0 aliphatic heterocycles. The van der Waals surface area contributed by atoms with E-state index in [-0.39, 0.29) is 5.88 Å². The molecule has 0 aliphatic rings. The van der Waals surface area contributed by atoms with E-state index >= 15 is 0 Å². The molecule has 15 heavy (non-hydrogen) atoms. The minimum atomic E-state index is 0.234. The third-order valence-electron chi connectivity index (χ3n) is 2.53. The van der Waals surface area contributed by atoms with Crippen molar-refractivity contribution in [3.63, 3.8) is 0 Å². The van der Waals surface area contributed by atoms with Crippen LogP contribution in [0.4, 0.5) is 0 Å². The van der Waals surface area contributed by atoms with Gasteiger partial charge in [-0.05, 0) is 25.5 Å². The summed E-state index contributed by atoms with van der Waals surface area (Å²) in [6, 6.07) is 9.64. The molecule has 1 N–H and O–H groups in total. The monoisotopic (exact) mass is 202 g/mol. The highest BCUT2D eigenvalue weighted by Crippen LogP contribution is 2.23. The van der Waals surface area contributed by atoms with Crippen molar-refractivity contribution in [2.75, 3.05) is 0 Å². The average molecular weight is 202 g/mol. The van der Waals surface area contributed by atoms with Crippen molar-refractivity contribution in [2.45, 2.75) is 20.3 Å². The van der Waals surface area contributed by atoms with Gasteiger partial charge in [0.15, 0.2) is 0 Å². The zero-order chi connectivity index (χ0) is 10.8. The Morgan fingerprint density at radius 1 is 1.27 bits per heavy atom. The normalized spacial score (nSPS) is 10.5. The molecule has 1 aromatic heterocycles. The zero-order valence-electron chi connectivity index (χ0n) is 8.94. The first-order chi connectivity index (χ1) is 7.24. The Morgan fingerprint density at radius 2 is 1.93 bits per heavy atom. The minimum absolute atomic E-state index is 0.234. The van der Waals surface area contributed by atoms with E-state index in [1.165, 1.54) is 0 Å². The molecular formula is C12H14N2O. The van der Waals surface area contributed by atoms with E-state index in [0.717, 1.165) is 23.4 Å². The summed E-state index contributed by atoms with van der Waals surface area (Å²) in [5.41, 5.74) is 2.69. The molecule has 0 aliphatic carbocycles. The largest absolute Gasteiger partial charge is 0.493 e. The number of nitrogens with zero attached hydrogens (tertiary/aromatic N) is 2. The molecule has 78 valence electrons. The van der Waals surface area contributed by atoms with Crippen LogP contribution in [0.5, 0.6) is 5.88 Å². The molecule has 1 heterocycles. The third kappa shape index (κ3) is 1.61. The molecule has 0 saturated carbocycles. The lowest BCUT2D eigenvalue weighted by Crippen LogP contribution is -1.95. The van der Waals surface area contributed by atoms with Gasteiger partial charge < -0.3 is 5.11 Å². The number of aromatic nitrogens is 2. The van der Waals surface area contributed by atoms with Crippen LogP contribution in [0.2, 0.25) is 0 Å². The van der Waals surface area contributed by atoms with Crippen LogP contribution < -0.4 is 0 Å². The van der Waals surface area contributed by atoms with Crippen LogP contribution in [-0.2, 0) is 6.42 Å². The summed E-state index contributed by atoms with van der Waals surface area (Å²) < 4.78 is 1.58. The van der Waals surface area contributed by atoms with Crippen LogP contribution in [0.1, 0.15) is 18.2 Å². The molecule has 3 heteroatoms. The van der Waals surface area contributed by atoms with Crippen LogP contribution in [0.25, 0.3) is 5.69 Å². The number of para-hydroxylation sites is 1. The van der Waals surface area contributed by atoms with Crippen molar-refractivity contribution in [1.29, 1.82) is 0 Å². The molecule has 2 rings (SSSR count). The van der Waals surface area contributed by atoms with Gasteiger partial charge in [-0.1, -0.05) is 25.1 Å². The van der Waals surface area contributed by atoms with E-state index < -0.39 is 0 Å². The van der Waals surface area contributed by atoms with Crippen LogP contribution in [0.15, 0.2) is 30.3 Å². The molecule has 2 aromatic rings. The summed E-state index contributed by atoms with van der Waals surface area (Å²) in [6.45, 7) is 3.92. The zero-order valence-corrected chi connectivity index (χ0v) is 8.94. The number of hydrogen-bond donors (Lipinski definition) is 1. The summed E-state index contributed by atoms with van der Waals surface area (Å²) in [4.78, 5) is 0. The van der Waals surface area contributed by atoms with Gasteiger partial charge in [0, 0.05) is 5.56 Å². The second-order valence-electron chi connectivity index (χ2n) is 3.50. The van der Waals surface area contributed by atoms with E-state index in [4.69, 9.17) is 0 Å². The number of rotatable bonds is 2. The fourth-order valence-electron chi connectivity index (χ4n) is 1.62. The molecule has 0 bridgehead atoms. The smallest absolute Gasteiger partial charge is 0.217 e. The van der Waals surface area contributed by atoms with E-state index in [9.17, 15) is 5.11 Å². The maximum atomic E-state index is 9.90. The summed E-state index contributed by atoms with van der Waals surface area (Å²) in [7, 11) is 0. The maximum absolute atomic E-state index is 9.90. The molecule has 0 saturated heterocycles. The Hall–Kier alpha value is -1.77. The first kappa shape index (κ1) is 9.77. The molecule has 1 aromatic carbocycles. The van der Waals surface area contributed by atoms with Crippen LogP contribution >= 0.6 is 0 Å². The Kier molecular flexibility index (Phi) is 2.46. The second kappa shape index (κ2) is 3.77. The lowest BCUT2D eigenvalue weighted by atomic mass is 10.2. The van der Waals surface area contributed by atoms with Gasteiger partial charge >= 0.3 is 0 Å². The highest BCUT2D eigenvalue weighted by atomic mass is 16.3. The van der Waals surface area contributed by atoms with Gasteiger partial charge in [-0.3, -0.25) is 0 Å². The van der Waals surface area contributed by atoms with Gasteiger partial charge in [-0.15, -0.1) is 0 Å². The number of hydrogen-bond acceptors (Lipinski definition) is 2. The molecule has 3 nitrogen and oxygen atoms in total. The Labute approximate surface area is 89.0 Å². The third-order valence-corrected chi connectivity index (χ3v) is 2.53. The van der Waals surface area contributed by atoms with Gasteiger partial charge in [0.1, 0.15) is 0 Å². The molecule has 0 atom stereocenters. The van der Waals surface area contributed by atoms with Crippen molar-refractivity contribution in [1.82, 2.24) is 9.78 Å². The predicted molar refractivity (Wildman–Crippen MR) is 59.3 cm³/mol. The predicted octanol–water partition coefficient (Wildman–Crippen LogP) is 2.45. The lowest BCUT2D eigenvalue weighted by Gasteiger charge is -2.01. The summed E-state index contributed by atoms with van der Waals surface area (Å²) in [6.07, 6.45) is 0.833. The number of aromatic hydroxyl groups is 1. The summed E-state index contributed by atoms with van der Waals surface area (Å²) in [5, 5.41) is 14.3. The van der Waals surface area contributed by atoms with Gasteiger partial charge in [0.05, 0.1) is 11.4 Å². The van der Waals surface area contributed by atoms with E-state index in [2.05, 4.69) is 5.10 Å². The fraction of sp³-hybridized carbons (Fsp3) is 0.250. The van der Waals surface area contributed by atoms with Gasteiger partial charge in [0.25, 0.3) is 0 Å². The van der Waals surface area contributed by atoms with Crippen molar-refractivity contribution in [3.05, 3.63) is 41.6 Å². The van der Waals surface area contributed by atoms with E-state index in [1.807, 2.05) is 44.2 Å². The second-order valence-corrected chi connectivity index (χ2v) is 3.50. The van der Waals surface area contributed by atoms with Crippen molar-refractivity contribution in [2.24, 2.45) is 0 Å². The van der Waals surface area contributed by atoms with Crippen molar-refractivity contribution >= 4 is 0 Å². The molecule has 0 spiro atoms. The average Bonchev–Trinajstić information content (AvgIpc) is 2.57. The number of aryl methyl sites for hydroxylation is 1. The van der Waals surface area contributed by atoms with Gasteiger partial charge in [-0.2, -0.15) is 5.10 Å². The molecular weight excluding hydrogens is 188 g/mol. The van der Waals surface area contributed by atoms with Crippen molar-refractivity contribution < 1.29 is 5.11 Å². The van der Waals surface area contributed by atoms with Crippen LogP contribution in [-0.4, -0.2) is 14.9 Å². The molecule has 0 unspecified atom stereocenters. The van der Waals surface area contributed by atoms with Gasteiger partial charge in [0.2, 0.25) is 5.88 Å². The minimum Gasteiger partial charge on any atom is -0.493 e. The SMILES string of the molecule is CCc1nn(-c2ccccc2)c(O)c1C. The molecule has 0 radical (unpaired) electrons. The summed E-state index contributed by atoms with van der Waals surface area (Å²) >= 11 is 0. The topological polar surface area (TPSA) is 38.0 Å². The van der Waals surface area contributed by atoms with E-state index in [1.54, 1.807) is 4.68 Å². The highest BCUT2D eigenvalue weighted by molar-refractivity contribution is 5.39. The maximum Gasteiger partial charge on any atom is 0.217 e. The highest BCUT2D eigenvalue weighted by Gasteiger charge is 2.12.